The summed E-state index contributed by atoms with van der Waals surface area (Å²) in [6.07, 6.45) is 0. The minimum atomic E-state index is -3.72. The number of ether oxygens (including phenoxy) is 2. The molecule has 9 heteroatoms. The quantitative estimate of drug-likeness (QED) is 0.553. The Morgan fingerprint density at radius 3 is 2.54 bits per heavy atom. The van der Waals surface area contributed by atoms with Crippen LogP contribution >= 0.6 is 0 Å². The Labute approximate surface area is 155 Å². The van der Waals surface area contributed by atoms with Crippen molar-refractivity contribution in [2.45, 2.75) is 11.8 Å². The van der Waals surface area contributed by atoms with Crippen molar-refractivity contribution in [1.82, 2.24) is 9.62 Å². The highest BCUT2D eigenvalue weighted by molar-refractivity contribution is 7.89. The molecule has 0 radical (unpaired) electrons. The van der Waals surface area contributed by atoms with E-state index in [9.17, 15) is 13.2 Å². The number of hydrogen-bond acceptors (Lipinski definition) is 5. The van der Waals surface area contributed by atoms with Crippen LogP contribution in [-0.2, 0) is 19.6 Å². The summed E-state index contributed by atoms with van der Waals surface area (Å²) in [5, 5.41) is 2.78. The van der Waals surface area contributed by atoms with Crippen LogP contribution in [0.15, 0.2) is 29.2 Å². The number of nitrogens with zero attached hydrogens (tertiary/aromatic N) is 1. The van der Waals surface area contributed by atoms with E-state index < -0.39 is 10.0 Å². The number of sulfonamides is 1. The smallest absolute Gasteiger partial charge is 0.243 e. The zero-order valence-corrected chi connectivity index (χ0v) is 16.2. The number of nitrogens with one attached hydrogen (secondary N) is 2. The maximum absolute atomic E-state index is 12.5. The van der Waals surface area contributed by atoms with Gasteiger partial charge in [0.2, 0.25) is 15.9 Å². The number of amides is 1. The molecule has 1 aliphatic rings. The molecule has 0 saturated carbocycles. The van der Waals surface area contributed by atoms with E-state index >= 15 is 0 Å². The van der Waals surface area contributed by atoms with Gasteiger partial charge in [0.15, 0.2) is 0 Å². The maximum Gasteiger partial charge on any atom is 0.243 e. The van der Waals surface area contributed by atoms with Crippen LogP contribution in [0.3, 0.4) is 0 Å². The zero-order valence-electron chi connectivity index (χ0n) is 15.4. The average Bonchev–Trinajstić information content (AvgIpc) is 2.63. The summed E-state index contributed by atoms with van der Waals surface area (Å²) in [7, 11) is -2.31. The summed E-state index contributed by atoms with van der Waals surface area (Å²) in [6, 6.07) is 6.18. The molecule has 8 nitrogen and oxygen atoms in total. The normalized spacial score (nSPS) is 15.8. The standard InChI is InChI=1S/C17H27N3O5S/c1-3-25-15-4-6-16(7-5-15)26(22,23)19(2)14-17(21)18-8-9-20-10-12-24-13-11-20/h4-7H,3,8-14H2,1-2H3,(H,18,21)/p+1. The highest BCUT2D eigenvalue weighted by Crippen LogP contribution is 2.18. The lowest BCUT2D eigenvalue weighted by atomic mass is 10.3. The molecule has 2 rings (SSSR count). The first-order chi connectivity index (χ1) is 12.4. The fourth-order valence-corrected chi connectivity index (χ4v) is 3.81. The van der Waals surface area contributed by atoms with Crippen molar-refractivity contribution in [1.29, 1.82) is 0 Å². The van der Waals surface area contributed by atoms with Crippen molar-refractivity contribution in [3.8, 4) is 5.75 Å². The summed E-state index contributed by atoms with van der Waals surface area (Å²) in [4.78, 5) is 13.6. The largest absolute Gasteiger partial charge is 0.494 e. The Kier molecular flexibility index (Phi) is 7.83. The summed E-state index contributed by atoms with van der Waals surface area (Å²) in [6.45, 7) is 6.84. The van der Waals surface area contributed by atoms with Gasteiger partial charge in [-0.25, -0.2) is 8.42 Å². The second kappa shape index (κ2) is 9.86. The van der Waals surface area contributed by atoms with Crippen LogP contribution < -0.4 is 15.0 Å². The van der Waals surface area contributed by atoms with Gasteiger partial charge in [-0.2, -0.15) is 4.31 Å². The van der Waals surface area contributed by atoms with E-state index in [1.54, 1.807) is 12.1 Å². The molecule has 1 heterocycles. The van der Waals surface area contributed by atoms with Gasteiger partial charge in [0, 0.05) is 7.05 Å². The van der Waals surface area contributed by atoms with E-state index in [4.69, 9.17) is 9.47 Å². The Morgan fingerprint density at radius 2 is 1.92 bits per heavy atom. The SMILES string of the molecule is CCOc1ccc(S(=O)(=O)N(C)CC(=O)NCC[NH+]2CCOCC2)cc1. The first kappa shape index (κ1) is 20.6. The van der Waals surface area contributed by atoms with Crippen molar-refractivity contribution < 1.29 is 27.6 Å². The lowest BCUT2D eigenvalue weighted by molar-refractivity contribution is -0.906. The third kappa shape index (κ3) is 5.94. The van der Waals surface area contributed by atoms with Crippen molar-refractivity contribution in [3.63, 3.8) is 0 Å². The van der Waals surface area contributed by atoms with Gasteiger partial charge < -0.3 is 19.7 Å². The van der Waals surface area contributed by atoms with Crippen LogP contribution in [0.25, 0.3) is 0 Å². The number of hydrogen-bond donors (Lipinski definition) is 2. The Balaban J connectivity index is 1.82. The van der Waals surface area contributed by atoms with Gasteiger partial charge in [0.1, 0.15) is 18.8 Å². The molecule has 0 atom stereocenters. The topological polar surface area (TPSA) is 89.4 Å². The van der Waals surface area contributed by atoms with Crippen LogP contribution in [0.4, 0.5) is 0 Å². The lowest BCUT2D eigenvalue weighted by Gasteiger charge is -2.24. The van der Waals surface area contributed by atoms with E-state index in [1.165, 1.54) is 24.1 Å². The van der Waals surface area contributed by atoms with Crippen molar-refractivity contribution in [2.75, 3.05) is 59.6 Å². The summed E-state index contributed by atoms with van der Waals surface area (Å²) in [5.41, 5.74) is 0. The number of quaternary nitrogens is 1. The van der Waals surface area contributed by atoms with Crippen LogP contribution in [0.5, 0.6) is 5.75 Å². The lowest BCUT2D eigenvalue weighted by Crippen LogP contribution is -3.14. The van der Waals surface area contributed by atoms with Gasteiger partial charge in [-0.1, -0.05) is 0 Å². The minimum absolute atomic E-state index is 0.133. The molecule has 1 fully saturated rings. The first-order valence-corrected chi connectivity index (χ1v) is 10.2. The molecule has 0 unspecified atom stereocenters. The van der Waals surface area contributed by atoms with E-state index in [0.717, 1.165) is 37.2 Å². The van der Waals surface area contributed by atoms with E-state index in [2.05, 4.69) is 5.32 Å². The molecule has 0 bridgehead atoms. The first-order valence-electron chi connectivity index (χ1n) is 8.80. The predicted octanol–water partition coefficient (Wildman–Crippen LogP) is -1.26. The fraction of sp³-hybridized carbons (Fsp3) is 0.588. The molecule has 0 spiro atoms. The molecular weight excluding hydrogens is 358 g/mol. The monoisotopic (exact) mass is 386 g/mol. The third-order valence-electron chi connectivity index (χ3n) is 4.21. The Hall–Kier alpha value is -1.68. The van der Waals surface area contributed by atoms with Gasteiger partial charge in [-0.05, 0) is 31.2 Å². The Morgan fingerprint density at radius 1 is 1.27 bits per heavy atom. The van der Waals surface area contributed by atoms with Crippen LogP contribution in [0, 0.1) is 0 Å². The molecule has 1 aliphatic heterocycles. The van der Waals surface area contributed by atoms with E-state index in [-0.39, 0.29) is 17.3 Å². The van der Waals surface area contributed by atoms with Crippen LogP contribution in [0.2, 0.25) is 0 Å². The average molecular weight is 386 g/mol. The molecule has 26 heavy (non-hydrogen) atoms. The Bertz CT molecular complexity index is 672. The molecule has 1 aromatic carbocycles. The van der Waals surface area contributed by atoms with Crippen molar-refractivity contribution in [2.24, 2.45) is 0 Å². The van der Waals surface area contributed by atoms with Gasteiger partial charge >= 0.3 is 0 Å². The van der Waals surface area contributed by atoms with E-state index in [0.29, 0.717) is 18.9 Å². The number of rotatable bonds is 9. The van der Waals surface area contributed by atoms with Crippen LogP contribution in [-0.4, -0.2) is 78.2 Å². The molecule has 1 saturated heterocycles. The number of carbonyl (C=O) groups excluding carboxylic acids is 1. The molecule has 0 aromatic heterocycles. The van der Waals surface area contributed by atoms with Gasteiger partial charge in [0.25, 0.3) is 0 Å². The predicted molar refractivity (Wildman–Crippen MR) is 96.8 cm³/mol. The molecule has 146 valence electrons. The molecule has 1 aromatic rings. The maximum atomic E-state index is 12.5. The van der Waals surface area contributed by atoms with Gasteiger partial charge in [-0.15, -0.1) is 0 Å². The highest BCUT2D eigenvalue weighted by atomic mass is 32.2. The highest BCUT2D eigenvalue weighted by Gasteiger charge is 2.23. The van der Waals surface area contributed by atoms with Gasteiger partial charge in [-0.3, -0.25) is 4.79 Å². The molecular formula is C17H28N3O5S+. The second-order valence-electron chi connectivity index (χ2n) is 6.13. The molecule has 1 amide bonds. The van der Waals surface area contributed by atoms with Crippen molar-refractivity contribution >= 4 is 15.9 Å². The van der Waals surface area contributed by atoms with Crippen molar-refractivity contribution in [3.05, 3.63) is 24.3 Å². The minimum Gasteiger partial charge on any atom is -0.494 e. The summed E-state index contributed by atoms with van der Waals surface area (Å²) < 4.78 is 36.7. The third-order valence-corrected chi connectivity index (χ3v) is 6.03. The van der Waals surface area contributed by atoms with Gasteiger partial charge in [0.05, 0.1) is 44.4 Å². The molecule has 0 aliphatic carbocycles. The second-order valence-corrected chi connectivity index (χ2v) is 8.17. The van der Waals surface area contributed by atoms with Crippen LogP contribution in [0.1, 0.15) is 6.92 Å². The summed E-state index contributed by atoms with van der Waals surface area (Å²) >= 11 is 0. The number of likely N-dealkylation sites (N-methyl/N-ethyl adjacent to an activating group) is 1. The number of morpholine rings is 1. The number of benzene rings is 1. The number of carbonyl (C=O) groups is 1. The zero-order chi connectivity index (χ0) is 19.0. The van der Waals surface area contributed by atoms with E-state index in [1.807, 2.05) is 6.92 Å². The summed E-state index contributed by atoms with van der Waals surface area (Å²) in [5.74, 6) is 0.298. The fourth-order valence-electron chi connectivity index (χ4n) is 2.69. The molecule has 2 N–H and O–H groups in total.